The number of rotatable bonds is 2. The van der Waals surface area contributed by atoms with Gasteiger partial charge in [0.25, 0.3) is 0 Å². The van der Waals surface area contributed by atoms with Gasteiger partial charge < -0.3 is 10.2 Å². The summed E-state index contributed by atoms with van der Waals surface area (Å²) >= 11 is 0. The molecule has 1 aliphatic rings. The molecule has 1 unspecified atom stereocenters. The van der Waals surface area contributed by atoms with Gasteiger partial charge in [-0.05, 0) is 60.3 Å². The molecule has 1 aromatic rings. The van der Waals surface area contributed by atoms with Gasteiger partial charge in [-0.2, -0.15) is 0 Å². The van der Waals surface area contributed by atoms with Crippen molar-refractivity contribution in [1.29, 1.82) is 0 Å². The highest BCUT2D eigenvalue weighted by Crippen LogP contribution is 2.44. The normalized spacial score (nSPS) is 25.4. The molecule has 2 nitrogen and oxygen atoms in total. The Morgan fingerprint density at radius 2 is 2.00 bits per heavy atom. The first-order valence-electron chi connectivity index (χ1n) is 6.48. The summed E-state index contributed by atoms with van der Waals surface area (Å²) in [6, 6.07) is 4.03. The molecular weight excluding hydrogens is 212 g/mol. The fraction of sp³-hybridized carbons (Fsp3) is 0.600. The molecule has 2 heteroatoms. The SMILES string of the molecule is Cc1cc2c(cc1O)[C@H](C)CC[C@@H]2C(C)CO. The molecule has 2 rings (SSSR count). The molecule has 0 saturated heterocycles. The van der Waals surface area contributed by atoms with Gasteiger partial charge in [-0.25, -0.2) is 0 Å². The van der Waals surface area contributed by atoms with Gasteiger partial charge in [-0.15, -0.1) is 0 Å². The van der Waals surface area contributed by atoms with Gasteiger partial charge in [-0.1, -0.05) is 19.9 Å². The van der Waals surface area contributed by atoms with E-state index in [9.17, 15) is 10.2 Å². The maximum atomic E-state index is 9.83. The van der Waals surface area contributed by atoms with Crippen molar-refractivity contribution in [2.45, 2.75) is 45.4 Å². The van der Waals surface area contributed by atoms with Crippen LogP contribution in [0.15, 0.2) is 12.1 Å². The summed E-state index contributed by atoms with van der Waals surface area (Å²) in [5.74, 6) is 1.64. The number of fused-ring (bicyclic) bond motifs is 1. The van der Waals surface area contributed by atoms with Gasteiger partial charge in [-0.3, -0.25) is 0 Å². The third kappa shape index (κ3) is 2.19. The summed E-state index contributed by atoms with van der Waals surface area (Å²) < 4.78 is 0. The van der Waals surface area contributed by atoms with Crippen molar-refractivity contribution in [2.75, 3.05) is 6.61 Å². The average molecular weight is 234 g/mol. The van der Waals surface area contributed by atoms with E-state index in [4.69, 9.17) is 0 Å². The van der Waals surface area contributed by atoms with Crippen molar-refractivity contribution in [1.82, 2.24) is 0 Å². The first-order valence-corrected chi connectivity index (χ1v) is 6.48. The molecular formula is C15H22O2. The molecule has 0 aromatic heterocycles. The number of aliphatic hydroxyl groups excluding tert-OH is 1. The molecule has 0 aliphatic heterocycles. The molecule has 0 radical (unpaired) electrons. The van der Waals surface area contributed by atoms with E-state index in [1.807, 2.05) is 13.0 Å². The van der Waals surface area contributed by atoms with Crippen LogP contribution >= 0.6 is 0 Å². The van der Waals surface area contributed by atoms with Crippen LogP contribution in [0.5, 0.6) is 5.75 Å². The van der Waals surface area contributed by atoms with Crippen LogP contribution in [0.4, 0.5) is 0 Å². The molecule has 0 amide bonds. The standard InChI is InChI=1S/C15H22O2/c1-9-4-5-12(11(3)8-16)14-6-10(2)15(17)7-13(9)14/h6-7,9,11-12,16-17H,4-5,8H2,1-3H3/t9-,11?,12-/m1/s1. The topological polar surface area (TPSA) is 40.5 Å². The summed E-state index contributed by atoms with van der Waals surface area (Å²) in [5, 5.41) is 19.2. The van der Waals surface area contributed by atoms with E-state index >= 15 is 0 Å². The quantitative estimate of drug-likeness (QED) is 0.824. The Balaban J connectivity index is 2.47. The monoisotopic (exact) mass is 234 g/mol. The van der Waals surface area contributed by atoms with E-state index in [1.165, 1.54) is 11.1 Å². The van der Waals surface area contributed by atoms with E-state index in [0.29, 0.717) is 23.5 Å². The summed E-state index contributed by atoms with van der Waals surface area (Å²) in [4.78, 5) is 0. The number of phenolic OH excluding ortho intramolecular Hbond substituents is 1. The molecule has 1 aliphatic carbocycles. The smallest absolute Gasteiger partial charge is 0.118 e. The lowest BCUT2D eigenvalue weighted by Crippen LogP contribution is -2.20. The number of phenols is 1. The van der Waals surface area contributed by atoms with Crippen LogP contribution in [-0.4, -0.2) is 16.8 Å². The van der Waals surface area contributed by atoms with Crippen molar-refractivity contribution in [2.24, 2.45) is 5.92 Å². The molecule has 3 atom stereocenters. The highest BCUT2D eigenvalue weighted by atomic mass is 16.3. The van der Waals surface area contributed by atoms with E-state index < -0.39 is 0 Å². The van der Waals surface area contributed by atoms with Crippen LogP contribution in [0.1, 0.15) is 55.2 Å². The second-order valence-corrected chi connectivity index (χ2v) is 5.51. The Hall–Kier alpha value is -1.02. The molecule has 0 heterocycles. The van der Waals surface area contributed by atoms with Crippen molar-refractivity contribution >= 4 is 0 Å². The number of hydrogen-bond donors (Lipinski definition) is 2. The molecule has 1 aromatic carbocycles. The molecule has 0 fully saturated rings. The van der Waals surface area contributed by atoms with Gasteiger partial charge in [0.2, 0.25) is 0 Å². The lowest BCUT2D eigenvalue weighted by molar-refractivity contribution is 0.206. The zero-order valence-corrected chi connectivity index (χ0v) is 10.9. The average Bonchev–Trinajstić information content (AvgIpc) is 2.31. The van der Waals surface area contributed by atoms with Crippen LogP contribution < -0.4 is 0 Å². The zero-order valence-electron chi connectivity index (χ0n) is 10.9. The summed E-state index contributed by atoms with van der Waals surface area (Å²) in [7, 11) is 0. The minimum Gasteiger partial charge on any atom is -0.508 e. The lowest BCUT2D eigenvalue weighted by Gasteiger charge is -2.33. The van der Waals surface area contributed by atoms with Gasteiger partial charge in [0, 0.05) is 6.61 Å². The van der Waals surface area contributed by atoms with Crippen molar-refractivity contribution in [3.63, 3.8) is 0 Å². The van der Waals surface area contributed by atoms with E-state index in [1.54, 1.807) is 0 Å². The molecule has 2 N–H and O–H groups in total. The highest BCUT2D eigenvalue weighted by Gasteiger charge is 2.29. The molecule has 0 saturated carbocycles. The first-order chi connectivity index (χ1) is 8.04. The third-order valence-electron chi connectivity index (χ3n) is 4.22. The van der Waals surface area contributed by atoms with Crippen molar-refractivity contribution in [3.05, 3.63) is 28.8 Å². The second-order valence-electron chi connectivity index (χ2n) is 5.51. The number of aliphatic hydroxyl groups is 1. The zero-order chi connectivity index (χ0) is 12.6. The van der Waals surface area contributed by atoms with E-state index in [-0.39, 0.29) is 6.61 Å². The van der Waals surface area contributed by atoms with Crippen LogP contribution in [-0.2, 0) is 0 Å². The van der Waals surface area contributed by atoms with E-state index in [2.05, 4.69) is 19.9 Å². The Labute approximate surface area is 103 Å². The fourth-order valence-corrected chi connectivity index (χ4v) is 2.94. The Morgan fingerprint density at radius 1 is 1.29 bits per heavy atom. The number of hydrogen-bond acceptors (Lipinski definition) is 2. The van der Waals surface area contributed by atoms with Crippen LogP contribution in [0.2, 0.25) is 0 Å². The maximum absolute atomic E-state index is 9.83. The van der Waals surface area contributed by atoms with Crippen LogP contribution in [0, 0.1) is 12.8 Å². The van der Waals surface area contributed by atoms with Crippen LogP contribution in [0.25, 0.3) is 0 Å². The minimum absolute atomic E-state index is 0.235. The van der Waals surface area contributed by atoms with Crippen molar-refractivity contribution in [3.8, 4) is 5.75 Å². The highest BCUT2D eigenvalue weighted by molar-refractivity contribution is 5.45. The summed E-state index contributed by atoms with van der Waals surface area (Å²) in [5.41, 5.74) is 3.54. The molecule has 0 spiro atoms. The van der Waals surface area contributed by atoms with Crippen LogP contribution in [0.3, 0.4) is 0 Å². The third-order valence-corrected chi connectivity index (χ3v) is 4.22. The lowest BCUT2D eigenvalue weighted by atomic mass is 9.72. The fourth-order valence-electron chi connectivity index (χ4n) is 2.94. The van der Waals surface area contributed by atoms with Gasteiger partial charge in [0.1, 0.15) is 5.75 Å². The largest absolute Gasteiger partial charge is 0.508 e. The van der Waals surface area contributed by atoms with E-state index in [0.717, 1.165) is 18.4 Å². The molecule has 0 bridgehead atoms. The van der Waals surface area contributed by atoms with Gasteiger partial charge in [0.05, 0.1) is 0 Å². The molecule has 94 valence electrons. The Bertz CT molecular complexity index is 412. The summed E-state index contributed by atoms with van der Waals surface area (Å²) in [6.45, 7) is 6.49. The number of aromatic hydroxyl groups is 1. The molecule has 17 heavy (non-hydrogen) atoms. The predicted octanol–water partition coefficient (Wildman–Crippen LogP) is 3.31. The maximum Gasteiger partial charge on any atom is 0.118 e. The predicted molar refractivity (Wildman–Crippen MR) is 69.5 cm³/mol. The van der Waals surface area contributed by atoms with Crippen molar-refractivity contribution < 1.29 is 10.2 Å². The van der Waals surface area contributed by atoms with Gasteiger partial charge in [0.15, 0.2) is 0 Å². The first kappa shape index (κ1) is 12.4. The number of benzene rings is 1. The Morgan fingerprint density at radius 3 is 2.65 bits per heavy atom. The van der Waals surface area contributed by atoms with Gasteiger partial charge >= 0.3 is 0 Å². The minimum atomic E-state index is 0.235. The summed E-state index contributed by atoms with van der Waals surface area (Å²) in [6.07, 6.45) is 2.28. The second kappa shape index (κ2) is 4.69. The Kier molecular flexibility index (Phi) is 3.43. The number of aryl methyl sites for hydroxylation is 1.